The Bertz CT molecular complexity index is 1100. The van der Waals surface area contributed by atoms with Crippen LogP contribution < -0.4 is 9.64 Å². The molecule has 6 heteroatoms. The van der Waals surface area contributed by atoms with E-state index in [4.69, 9.17) is 21.3 Å². The van der Waals surface area contributed by atoms with E-state index in [-0.39, 0.29) is 17.7 Å². The largest absolute Gasteiger partial charge is 0.504 e. The Hall–Kier alpha value is -2.79. The third kappa shape index (κ3) is 3.06. The van der Waals surface area contributed by atoms with Crippen LogP contribution in [0.25, 0.3) is 22.2 Å². The first-order valence-corrected chi connectivity index (χ1v) is 9.57. The Morgan fingerprint density at radius 1 is 1.25 bits per heavy atom. The summed E-state index contributed by atoms with van der Waals surface area (Å²) in [6.07, 6.45) is 1.48. The van der Waals surface area contributed by atoms with Crippen LogP contribution in [0.4, 0.5) is 5.69 Å². The molecule has 2 heterocycles. The fourth-order valence-electron chi connectivity index (χ4n) is 3.80. The molecule has 1 aromatic heterocycles. The summed E-state index contributed by atoms with van der Waals surface area (Å²) in [6.45, 7) is 4.08. The summed E-state index contributed by atoms with van der Waals surface area (Å²) in [7, 11) is 1.49. The fourth-order valence-corrected chi connectivity index (χ4v) is 4.05. The monoisotopic (exact) mass is 396 g/mol. The van der Waals surface area contributed by atoms with E-state index in [1.165, 1.54) is 13.2 Å². The number of aromatic nitrogens is 1. The van der Waals surface area contributed by atoms with Crippen molar-refractivity contribution in [1.29, 1.82) is 0 Å². The number of methoxy groups -OCH3 is 1. The molecule has 1 unspecified atom stereocenters. The summed E-state index contributed by atoms with van der Waals surface area (Å²) in [6, 6.07) is 11.2. The van der Waals surface area contributed by atoms with E-state index in [9.17, 15) is 9.90 Å². The first-order valence-electron chi connectivity index (χ1n) is 9.19. The number of carbonyl (C=O) groups is 1. The molecule has 1 amide bonds. The van der Waals surface area contributed by atoms with E-state index >= 15 is 0 Å². The van der Waals surface area contributed by atoms with Crippen molar-refractivity contribution in [2.45, 2.75) is 32.7 Å². The molecule has 0 aliphatic carbocycles. The van der Waals surface area contributed by atoms with Crippen LogP contribution in [0.15, 0.2) is 36.4 Å². The van der Waals surface area contributed by atoms with Gasteiger partial charge < -0.3 is 14.7 Å². The minimum atomic E-state index is -0.0113. The summed E-state index contributed by atoms with van der Waals surface area (Å²) < 4.78 is 5.20. The lowest BCUT2D eigenvalue weighted by Crippen LogP contribution is -2.30. The molecule has 144 valence electrons. The van der Waals surface area contributed by atoms with Gasteiger partial charge in [-0.15, -0.1) is 0 Å². The molecule has 0 bridgehead atoms. The molecule has 1 saturated heterocycles. The summed E-state index contributed by atoms with van der Waals surface area (Å²) in [5.41, 5.74) is 4.15. The molecular formula is C22H21ClN2O3. The molecule has 1 N–H and O–H groups in total. The van der Waals surface area contributed by atoms with Gasteiger partial charge in [-0.1, -0.05) is 11.6 Å². The van der Waals surface area contributed by atoms with Crippen LogP contribution in [-0.2, 0) is 4.79 Å². The van der Waals surface area contributed by atoms with E-state index in [0.29, 0.717) is 28.5 Å². The maximum absolute atomic E-state index is 12.2. The van der Waals surface area contributed by atoms with Crippen LogP contribution in [0.2, 0.25) is 5.02 Å². The van der Waals surface area contributed by atoms with Gasteiger partial charge in [0.1, 0.15) is 0 Å². The second-order valence-corrected chi connectivity index (χ2v) is 7.59. The second-order valence-electron chi connectivity index (χ2n) is 7.18. The van der Waals surface area contributed by atoms with Crippen LogP contribution in [0.1, 0.15) is 25.3 Å². The number of nitrogens with zero attached hydrogens (tertiary/aromatic N) is 2. The van der Waals surface area contributed by atoms with Crippen molar-refractivity contribution in [1.82, 2.24) is 4.98 Å². The molecule has 1 atom stereocenters. The highest BCUT2D eigenvalue weighted by molar-refractivity contribution is 6.33. The number of benzene rings is 2. The van der Waals surface area contributed by atoms with E-state index in [1.807, 2.05) is 36.1 Å². The number of rotatable bonds is 3. The van der Waals surface area contributed by atoms with Crippen molar-refractivity contribution >= 4 is 34.1 Å². The van der Waals surface area contributed by atoms with Crippen molar-refractivity contribution in [3.8, 4) is 22.8 Å². The number of aryl methyl sites for hydroxylation is 1. The quantitative estimate of drug-likeness (QED) is 0.669. The van der Waals surface area contributed by atoms with Crippen molar-refractivity contribution in [2.24, 2.45) is 0 Å². The van der Waals surface area contributed by atoms with Crippen LogP contribution in [0, 0.1) is 6.92 Å². The number of fused-ring (bicyclic) bond motifs is 1. The van der Waals surface area contributed by atoms with Crippen molar-refractivity contribution in [3.63, 3.8) is 0 Å². The summed E-state index contributed by atoms with van der Waals surface area (Å²) >= 11 is 6.34. The first-order chi connectivity index (χ1) is 13.4. The van der Waals surface area contributed by atoms with E-state index in [1.54, 1.807) is 6.07 Å². The molecule has 3 aromatic rings. The standard InChI is InChI=1S/C22H21ClN2O3/c1-12-8-19(16-10-21(28-3)20(26)11-17(16)23)24-18-6-5-14(9-15(12)18)25-13(2)4-7-22(25)27/h5-6,8-11,13,26H,4,7H2,1-3H3. The molecule has 1 fully saturated rings. The molecule has 1 aliphatic heterocycles. The van der Waals surface area contributed by atoms with Crippen molar-refractivity contribution < 1.29 is 14.6 Å². The zero-order chi connectivity index (χ0) is 20.0. The lowest BCUT2D eigenvalue weighted by atomic mass is 10.0. The number of amides is 1. The van der Waals surface area contributed by atoms with Gasteiger partial charge in [0.2, 0.25) is 5.91 Å². The van der Waals surface area contributed by atoms with Gasteiger partial charge in [0, 0.05) is 35.2 Å². The predicted molar refractivity (Wildman–Crippen MR) is 111 cm³/mol. The van der Waals surface area contributed by atoms with Gasteiger partial charge in [-0.2, -0.15) is 0 Å². The van der Waals surface area contributed by atoms with E-state index in [0.717, 1.165) is 28.6 Å². The number of aromatic hydroxyl groups is 1. The van der Waals surface area contributed by atoms with Gasteiger partial charge >= 0.3 is 0 Å². The molecule has 5 nitrogen and oxygen atoms in total. The maximum Gasteiger partial charge on any atom is 0.227 e. The van der Waals surface area contributed by atoms with E-state index < -0.39 is 0 Å². The van der Waals surface area contributed by atoms with Gasteiger partial charge in [0.05, 0.1) is 23.3 Å². The van der Waals surface area contributed by atoms with Gasteiger partial charge in [-0.25, -0.2) is 4.98 Å². The first kappa shape index (κ1) is 18.6. The number of hydrogen-bond acceptors (Lipinski definition) is 4. The van der Waals surface area contributed by atoms with Gasteiger partial charge in [0.25, 0.3) is 0 Å². The minimum Gasteiger partial charge on any atom is -0.504 e. The minimum absolute atomic E-state index is 0.0113. The summed E-state index contributed by atoms with van der Waals surface area (Å²) in [4.78, 5) is 18.9. The Morgan fingerprint density at radius 2 is 2.04 bits per heavy atom. The van der Waals surface area contributed by atoms with Crippen LogP contribution in [0.5, 0.6) is 11.5 Å². The zero-order valence-corrected chi connectivity index (χ0v) is 16.7. The number of halogens is 1. The highest BCUT2D eigenvalue weighted by Gasteiger charge is 2.29. The number of phenolic OH excluding ortho intramolecular Hbond substituents is 1. The molecule has 4 rings (SSSR count). The number of ether oxygens (including phenoxy) is 1. The molecule has 0 radical (unpaired) electrons. The lowest BCUT2D eigenvalue weighted by molar-refractivity contribution is -0.117. The van der Waals surface area contributed by atoms with Crippen LogP contribution in [0.3, 0.4) is 0 Å². The summed E-state index contributed by atoms with van der Waals surface area (Å²) in [5, 5.41) is 11.3. The molecular weight excluding hydrogens is 376 g/mol. The molecule has 1 aliphatic rings. The van der Waals surface area contributed by atoms with Crippen molar-refractivity contribution in [2.75, 3.05) is 12.0 Å². The van der Waals surface area contributed by atoms with Crippen LogP contribution >= 0.6 is 11.6 Å². The van der Waals surface area contributed by atoms with Gasteiger partial charge in [0.15, 0.2) is 11.5 Å². The third-order valence-corrected chi connectivity index (χ3v) is 5.62. The van der Waals surface area contributed by atoms with Crippen LogP contribution in [-0.4, -0.2) is 29.1 Å². The second kappa shape index (κ2) is 6.99. The predicted octanol–water partition coefficient (Wildman–Crippen LogP) is 5.09. The summed E-state index contributed by atoms with van der Waals surface area (Å²) in [5.74, 6) is 0.496. The number of carbonyl (C=O) groups excluding carboxylic acids is 1. The molecule has 2 aromatic carbocycles. The van der Waals surface area contributed by atoms with E-state index in [2.05, 4.69) is 6.92 Å². The topological polar surface area (TPSA) is 62.7 Å². The SMILES string of the molecule is COc1cc(-c2cc(C)c3cc(N4C(=O)CCC4C)ccc3n2)c(Cl)cc1O. The average molecular weight is 397 g/mol. The zero-order valence-electron chi connectivity index (χ0n) is 16.0. The van der Waals surface area contributed by atoms with Crippen molar-refractivity contribution in [3.05, 3.63) is 47.0 Å². The Kier molecular flexibility index (Phi) is 4.63. The molecule has 28 heavy (non-hydrogen) atoms. The number of pyridine rings is 1. The Morgan fingerprint density at radius 3 is 2.71 bits per heavy atom. The smallest absolute Gasteiger partial charge is 0.227 e. The highest BCUT2D eigenvalue weighted by atomic mass is 35.5. The Labute approximate surface area is 168 Å². The molecule has 0 spiro atoms. The Balaban J connectivity index is 1.82. The van der Waals surface area contributed by atoms with Gasteiger partial charge in [-0.05, 0) is 56.2 Å². The molecule has 0 saturated carbocycles. The highest BCUT2D eigenvalue weighted by Crippen LogP contribution is 2.38. The maximum atomic E-state index is 12.2. The number of anilines is 1. The number of phenols is 1. The average Bonchev–Trinajstić information content (AvgIpc) is 3.00. The van der Waals surface area contributed by atoms with Gasteiger partial charge in [-0.3, -0.25) is 4.79 Å². The number of hydrogen-bond donors (Lipinski definition) is 1. The lowest BCUT2D eigenvalue weighted by Gasteiger charge is -2.22. The fraction of sp³-hybridized carbons (Fsp3) is 0.273. The third-order valence-electron chi connectivity index (χ3n) is 5.31. The normalized spacial score (nSPS) is 16.8.